The van der Waals surface area contributed by atoms with Crippen LogP contribution < -0.4 is 0 Å². The van der Waals surface area contributed by atoms with Gasteiger partial charge in [-0.15, -0.1) is 0 Å². The second-order valence-electron chi connectivity index (χ2n) is 13.3. The number of fused-ring (bicyclic) bond motifs is 6. The Hall–Kier alpha value is -6.44. The number of benzene rings is 8. The predicted octanol–water partition coefficient (Wildman–Crippen LogP) is 12.5. The third-order valence-electron chi connectivity index (χ3n) is 10.6. The number of hydrogen-bond donors (Lipinski definition) is 0. The third-order valence-corrected chi connectivity index (χ3v) is 10.6. The van der Waals surface area contributed by atoms with Crippen LogP contribution in [0.4, 0.5) is 0 Å². The first-order chi connectivity index (χ1) is 24.8. The molecule has 0 aliphatic heterocycles. The summed E-state index contributed by atoms with van der Waals surface area (Å²) in [6.45, 7) is 0. The molecule has 8 aromatic carbocycles. The molecule has 0 saturated carbocycles. The van der Waals surface area contributed by atoms with Gasteiger partial charge < -0.3 is 4.57 Å². The molecule has 1 nitrogen and oxygen atoms in total. The van der Waals surface area contributed by atoms with Gasteiger partial charge in [-0.25, -0.2) is 0 Å². The Morgan fingerprint density at radius 1 is 0.320 bits per heavy atom. The van der Waals surface area contributed by atoms with Gasteiger partial charge in [0.25, 0.3) is 0 Å². The van der Waals surface area contributed by atoms with Crippen molar-refractivity contribution >= 4 is 21.8 Å². The number of nitrogens with zero attached hydrogens (tertiary/aromatic N) is 1. The lowest BCUT2D eigenvalue weighted by Gasteiger charge is -2.34. The molecule has 0 atom stereocenters. The van der Waals surface area contributed by atoms with Gasteiger partial charge in [0.1, 0.15) is 0 Å². The van der Waals surface area contributed by atoms with Gasteiger partial charge in [-0.2, -0.15) is 0 Å². The van der Waals surface area contributed by atoms with E-state index in [1.807, 2.05) is 0 Å². The van der Waals surface area contributed by atoms with Crippen LogP contribution in [0.2, 0.25) is 0 Å². The summed E-state index contributed by atoms with van der Waals surface area (Å²) in [4.78, 5) is 0. The van der Waals surface area contributed by atoms with Crippen molar-refractivity contribution < 1.29 is 0 Å². The van der Waals surface area contributed by atoms with Crippen LogP contribution >= 0.6 is 0 Å². The topological polar surface area (TPSA) is 4.93 Å². The molecule has 0 fully saturated rings. The van der Waals surface area contributed by atoms with Gasteiger partial charge in [0.05, 0.1) is 16.4 Å². The van der Waals surface area contributed by atoms with E-state index in [-0.39, 0.29) is 0 Å². The molecule has 9 aromatic rings. The minimum atomic E-state index is -0.467. The van der Waals surface area contributed by atoms with E-state index in [1.54, 1.807) is 0 Å². The van der Waals surface area contributed by atoms with E-state index in [1.165, 1.54) is 77.4 Å². The minimum absolute atomic E-state index is 0.467. The molecule has 0 unspecified atom stereocenters. The Kier molecular flexibility index (Phi) is 6.47. The van der Waals surface area contributed by atoms with E-state index in [0.29, 0.717) is 0 Å². The van der Waals surface area contributed by atoms with E-state index >= 15 is 0 Å². The standard InChI is InChI=1S/C49H33N/c1-5-17-34(18-6-1)36-29-37(35-19-7-2-8-20-35)31-40(30-36)50-47-28-16-14-26-42(47)44-32-43-41-25-13-15-27-45(41)49(46(43)33-48(44)50,38-21-9-3-10-22-38)39-23-11-4-12-24-39/h1-33H. The third kappa shape index (κ3) is 4.20. The molecule has 234 valence electrons. The van der Waals surface area contributed by atoms with E-state index < -0.39 is 5.41 Å². The Balaban J connectivity index is 1.34. The summed E-state index contributed by atoms with van der Waals surface area (Å²) >= 11 is 0. The van der Waals surface area contributed by atoms with Gasteiger partial charge in [-0.3, -0.25) is 0 Å². The molecule has 1 aliphatic rings. The normalized spacial score (nSPS) is 13.0. The first-order valence-electron chi connectivity index (χ1n) is 17.4. The van der Waals surface area contributed by atoms with Crippen molar-refractivity contribution in [2.75, 3.05) is 0 Å². The Morgan fingerprint density at radius 3 is 1.46 bits per heavy atom. The SMILES string of the molecule is c1ccc(-c2cc(-c3ccccc3)cc(-n3c4ccccc4c4cc5c(cc43)C(c3ccccc3)(c3ccccc3)c3ccccc3-5)c2)cc1. The van der Waals surface area contributed by atoms with Gasteiger partial charge >= 0.3 is 0 Å². The highest BCUT2D eigenvalue weighted by atomic mass is 15.0. The average Bonchev–Trinajstić information content (AvgIpc) is 3.68. The molecule has 1 aliphatic carbocycles. The highest BCUT2D eigenvalue weighted by Crippen LogP contribution is 2.57. The van der Waals surface area contributed by atoms with Gasteiger partial charge in [-0.05, 0) is 92.0 Å². The molecule has 1 heteroatoms. The van der Waals surface area contributed by atoms with Crippen LogP contribution in [0.25, 0.3) is 60.9 Å². The number of aromatic nitrogens is 1. The predicted molar refractivity (Wildman–Crippen MR) is 209 cm³/mol. The monoisotopic (exact) mass is 635 g/mol. The fraction of sp³-hybridized carbons (Fsp3) is 0.0204. The molecule has 0 spiro atoms. The maximum absolute atomic E-state index is 2.50. The Labute approximate surface area is 292 Å². The molecular weight excluding hydrogens is 603 g/mol. The molecule has 0 N–H and O–H groups in total. The molecule has 50 heavy (non-hydrogen) atoms. The molecular formula is C49H33N. The van der Waals surface area contributed by atoms with Crippen molar-refractivity contribution in [1.29, 1.82) is 0 Å². The highest BCUT2D eigenvalue weighted by molar-refractivity contribution is 6.12. The minimum Gasteiger partial charge on any atom is -0.309 e. The fourth-order valence-electron chi connectivity index (χ4n) is 8.52. The molecule has 0 bridgehead atoms. The summed E-state index contributed by atoms with van der Waals surface area (Å²) in [7, 11) is 0. The summed E-state index contributed by atoms with van der Waals surface area (Å²) < 4.78 is 2.49. The largest absolute Gasteiger partial charge is 0.309 e. The zero-order chi connectivity index (χ0) is 33.1. The summed E-state index contributed by atoms with van der Waals surface area (Å²) in [6.07, 6.45) is 0. The van der Waals surface area contributed by atoms with Crippen molar-refractivity contribution in [2.24, 2.45) is 0 Å². The molecule has 0 amide bonds. The van der Waals surface area contributed by atoms with E-state index in [4.69, 9.17) is 0 Å². The van der Waals surface area contributed by atoms with E-state index in [0.717, 1.165) is 5.69 Å². The van der Waals surface area contributed by atoms with Crippen LogP contribution in [0.5, 0.6) is 0 Å². The molecule has 1 aromatic heterocycles. The summed E-state index contributed by atoms with van der Waals surface area (Å²) in [6, 6.07) is 73.6. The van der Waals surface area contributed by atoms with Crippen molar-refractivity contribution in [3.63, 3.8) is 0 Å². The second kappa shape index (κ2) is 11.3. The van der Waals surface area contributed by atoms with Gasteiger partial charge in [-0.1, -0.05) is 164 Å². The Bertz CT molecular complexity index is 2570. The van der Waals surface area contributed by atoms with Crippen LogP contribution in [0.15, 0.2) is 200 Å². The fourth-order valence-corrected chi connectivity index (χ4v) is 8.52. The first kappa shape index (κ1) is 28.6. The van der Waals surface area contributed by atoms with Gasteiger partial charge in [0.2, 0.25) is 0 Å². The molecule has 1 heterocycles. The molecule has 0 saturated heterocycles. The second-order valence-corrected chi connectivity index (χ2v) is 13.3. The molecule has 0 radical (unpaired) electrons. The summed E-state index contributed by atoms with van der Waals surface area (Å²) in [5.41, 5.74) is 15.7. The highest BCUT2D eigenvalue weighted by Gasteiger charge is 2.46. The van der Waals surface area contributed by atoms with Crippen molar-refractivity contribution in [3.05, 3.63) is 222 Å². The van der Waals surface area contributed by atoms with Crippen molar-refractivity contribution in [3.8, 4) is 39.1 Å². The van der Waals surface area contributed by atoms with Crippen LogP contribution in [0.1, 0.15) is 22.3 Å². The number of rotatable bonds is 5. The smallest absolute Gasteiger partial charge is 0.0714 e. The summed E-state index contributed by atoms with van der Waals surface area (Å²) in [5, 5.41) is 2.52. The van der Waals surface area contributed by atoms with Crippen LogP contribution in [-0.2, 0) is 5.41 Å². The summed E-state index contributed by atoms with van der Waals surface area (Å²) in [5.74, 6) is 0. The zero-order valence-electron chi connectivity index (χ0n) is 27.5. The van der Waals surface area contributed by atoms with Gasteiger partial charge in [0.15, 0.2) is 0 Å². The van der Waals surface area contributed by atoms with Gasteiger partial charge in [0, 0.05) is 16.5 Å². The number of para-hydroxylation sites is 1. The van der Waals surface area contributed by atoms with Crippen molar-refractivity contribution in [2.45, 2.75) is 5.41 Å². The first-order valence-corrected chi connectivity index (χ1v) is 17.4. The van der Waals surface area contributed by atoms with E-state index in [9.17, 15) is 0 Å². The van der Waals surface area contributed by atoms with Crippen LogP contribution in [0.3, 0.4) is 0 Å². The van der Waals surface area contributed by atoms with Crippen molar-refractivity contribution in [1.82, 2.24) is 4.57 Å². The lowest BCUT2D eigenvalue weighted by atomic mass is 9.67. The van der Waals surface area contributed by atoms with E-state index in [2.05, 4.69) is 205 Å². The lowest BCUT2D eigenvalue weighted by molar-refractivity contribution is 0.769. The van der Waals surface area contributed by atoms with Crippen LogP contribution in [-0.4, -0.2) is 4.57 Å². The maximum Gasteiger partial charge on any atom is 0.0714 e. The zero-order valence-corrected chi connectivity index (χ0v) is 27.5. The maximum atomic E-state index is 2.50. The lowest BCUT2D eigenvalue weighted by Crippen LogP contribution is -2.28. The van der Waals surface area contributed by atoms with Crippen LogP contribution in [0, 0.1) is 0 Å². The number of hydrogen-bond acceptors (Lipinski definition) is 0. The Morgan fingerprint density at radius 2 is 0.840 bits per heavy atom. The average molecular weight is 636 g/mol. The quantitative estimate of drug-likeness (QED) is 0.177. The molecule has 10 rings (SSSR count).